The Morgan fingerprint density at radius 3 is 2.14 bits per heavy atom. The largest absolute Gasteiger partial charge is 0.325 e. The Labute approximate surface area is 166 Å². The van der Waals surface area contributed by atoms with Gasteiger partial charge < -0.3 is 16.0 Å². The smallest absolute Gasteiger partial charge is 0.323 e. The number of urea groups is 1. The van der Waals surface area contributed by atoms with Crippen molar-refractivity contribution < 1.29 is 9.59 Å². The number of hydrogen-bond donors (Lipinski definition) is 3. The standard InChI is InChI=1S/C22H28N4O2/c1-2-15-26-16-7-6-10-20(26)21(27)23-18-11-13-19(14-12-18)25-22(28)24-17-8-4-3-5-9-17/h3-5,8-9,11-14,20H,2,6-7,10,15-16H2,1H3,(H,23,27)(H2,24,25,28). The number of para-hydroxylation sites is 1. The second-order valence-corrected chi connectivity index (χ2v) is 7.06. The molecule has 6 nitrogen and oxygen atoms in total. The Hall–Kier alpha value is -2.86. The number of hydrogen-bond acceptors (Lipinski definition) is 3. The molecule has 1 fully saturated rings. The van der Waals surface area contributed by atoms with E-state index in [2.05, 4.69) is 27.8 Å². The number of carbonyl (C=O) groups excluding carboxylic acids is 2. The fourth-order valence-corrected chi connectivity index (χ4v) is 3.52. The van der Waals surface area contributed by atoms with Gasteiger partial charge in [-0.25, -0.2) is 4.79 Å². The average Bonchev–Trinajstić information content (AvgIpc) is 2.71. The van der Waals surface area contributed by atoms with Crippen LogP contribution in [-0.4, -0.2) is 36.0 Å². The van der Waals surface area contributed by atoms with Gasteiger partial charge in [0.25, 0.3) is 0 Å². The molecule has 1 aliphatic rings. The van der Waals surface area contributed by atoms with Gasteiger partial charge in [0, 0.05) is 17.1 Å². The normalized spacial score (nSPS) is 17.0. The Morgan fingerprint density at radius 1 is 0.893 bits per heavy atom. The Morgan fingerprint density at radius 2 is 1.50 bits per heavy atom. The third-order valence-corrected chi connectivity index (χ3v) is 4.87. The molecule has 0 bridgehead atoms. The van der Waals surface area contributed by atoms with E-state index in [0.717, 1.165) is 50.1 Å². The van der Waals surface area contributed by atoms with E-state index in [1.807, 2.05) is 42.5 Å². The molecule has 3 N–H and O–H groups in total. The van der Waals surface area contributed by atoms with Crippen molar-refractivity contribution >= 4 is 29.0 Å². The van der Waals surface area contributed by atoms with Crippen LogP contribution in [0.2, 0.25) is 0 Å². The lowest BCUT2D eigenvalue weighted by Gasteiger charge is -2.34. The first kappa shape index (κ1) is 19.9. The summed E-state index contributed by atoms with van der Waals surface area (Å²) in [4.78, 5) is 27.0. The molecule has 1 unspecified atom stereocenters. The van der Waals surface area contributed by atoms with Gasteiger partial charge >= 0.3 is 6.03 Å². The SMILES string of the molecule is CCCN1CCCCC1C(=O)Nc1ccc(NC(=O)Nc2ccccc2)cc1. The monoisotopic (exact) mass is 380 g/mol. The molecule has 1 heterocycles. The topological polar surface area (TPSA) is 73.5 Å². The summed E-state index contributed by atoms with van der Waals surface area (Å²) in [6.45, 7) is 4.09. The van der Waals surface area contributed by atoms with Gasteiger partial charge in [-0.2, -0.15) is 0 Å². The summed E-state index contributed by atoms with van der Waals surface area (Å²) in [7, 11) is 0. The number of anilines is 3. The molecular formula is C22H28N4O2. The summed E-state index contributed by atoms with van der Waals surface area (Å²) in [5.41, 5.74) is 2.13. The highest BCUT2D eigenvalue weighted by Crippen LogP contribution is 2.20. The maximum atomic E-state index is 12.7. The maximum Gasteiger partial charge on any atom is 0.323 e. The quantitative estimate of drug-likeness (QED) is 0.689. The number of carbonyl (C=O) groups is 2. The van der Waals surface area contributed by atoms with Gasteiger partial charge in [-0.3, -0.25) is 9.69 Å². The predicted octanol–water partition coefficient (Wildman–Crippen LogP) is 4.53. The fraction of sp³-hybridized carbons (Fsp3) is 0.364. The van der Waals surface area contributed by atoms with Crippen molar-refractivity contribution in [2.75, 3.05) is 29.0 Å². The zero-order valence-corrected chi connectivity index (χ0v) is 16.3. The lowest BCUT2D eigenvalue weighted by atomic mass is 10.0. The molecule has 2 aromatic carbocycles. The first-order chi connectivity index (χ1) is 13.7. The Balaban J connectivity index is 1.53. The summed E-state index contributed by atoms with van der Waals surface area (Å²) >= 11 is 0. The second-order valence-electron chi connectivity index (χ2n) is 7.06. The minimum atomic E-state index is -0.305. The number of rotatable bonds is 6. The van der Waals surface area contributed by atoms with Gasteiger partial charge in [-0.15, -0.1) is 0 Å². The highest BCUT2D eigenvalue weighted by molar-refractivity contribution is 6.00. The molecule has 1 saturated heterocycles. The van der Waals surface area contributed by atoms with Crippen molar-refractivity contribution in [3.05, 3.63) is 54.6 Å². The number of nitrogens with zero attached hydrogens (tertiary/aromatic N) is 1. The molecule has 1 aliphatic heterocycles. The van der Waals surface area contributed by atoms with Crippen LogP contribution in [0.3, 0.4) is 0 Å². The fourth-order valence-electron chi connectivity index (χ4n) is 3.52. The molecule has 0 radical (unpaired) electrons. The third-order valence-electron chi connectivity index (χ3n) is 4.87. The lowest BCUT2D eigenvalue weighted by Crippen LogP contribution is -2.47. The summed E-state index contributed by atoms with van der Waals surface area (Å²) < 4.78 is 0. The summed E-state index contributed by atoms with van der Waals surface area (Å²) in [6, 6.07) is 16.1. The number of benzene rings is 2. The van der Waals surface area contributed by atoms with Crippen molar-refractivity contribution in [3.8, 4) is 0 Å². The van der Waals surface area contributed by atoms with Crippen molar-refractivity contribution in [2.24, 2.45) is 0 Å². The highest BCUT2D eigenvalue weighted by Gasteiger charge is 2.27. The summed E-state index contributed by atoms with van der Waals surface area (Å²) in [5, 5.41) is 8.57. The van der Waals surface area contributed by atoms with Crippen molar-refractivity contribution in [1.29, 1.82) is 0 Å². The van der Waals surface area contributed by atoms with E-state index >= 15 is 0 Å². The molecule has 0 aromatic heterocycles. The van der Waals surface area contributed by atoms with Gasteiger partial charge in [0.15, 0.2) is 0 Å². The minimum absolute atomic E-state index is 0.0516. The molecule has 0 saturated carbocycles. The molecule has 2 aromatic rings. The molecule has 148 valence electrons. The number of nitrogens with one attached hydrogen (secondary N) is 3. The van der Waals surface area contributed by atoms with Crippen LogP contribution in [0.1, 0.15) is 32.6 Å². The molecular weight excluding hydrogens is 352 g/mol. The van der Waals surface area contributed by atoms with Crippen LogP contribution in [0.4, 0.5) is 21.9 Å². The molecule has 28 heavy (non-hydrogen) atoms. The van der Waals surface area contributed by atoms with E-state index in [1.165, 1.54) is 0 Å². The Bertz CT molecular complexity index is 775. The minimum Gasteiger partial charge on any atom is -0.325 e. The van der Waals surface area contributed by atoms with Gasteiger partial charge in [0.2, 0.25) is 5.91 Å². The van der Waals surface area contributed by atoms with E-state index in [-0.39, 0.29) is 18.0 Å². The van der Waals surface area contributed by atoms with Gasteiger partial charge in [-0.1, -0.05) is 31.5 Å². The van der Waals surface area contributed by atoms with E-state index in [1.54, 1.807) is 12.1 Å². The zero-order chi connectivity index (χ0) is 19.8. The summed E-state index contributed by atoms with van der Waals surface area (Å²) in [5.74, 6) is 0.0516. The van der Waals surface area contributed by atoms with Crippen molar-refractivity contribution in [1.82, 2.24) is 4.90 Å². The van der Waals surface area contributed by atoms with Crippen LogP contribution >= 0.6 is 0 Å². The summed E-state index contributed by atoms with van der Waals surface area (Å²) in [6.07, 6.45) is 4.22. The average molecular weight is 380 g/mol. The van der Waals surface area contributed by atoms with E-state index in [0.29, 0.717) is 5.69 Å². The molecule has 6 heteroatoms. The van der Waals surface area contributed by atoms with Gasteiger partial charge in [0.05, 0.1) is 6.04 Å². The van der Waals surface area contributed by atoms with Crippen LogP contribution in [-0.2, 0) is 4.79 Å². The van der Waals surface area contributed by atoms with Crippen LogP contribution in [0, 0.1) is 0 Å². The van der Waals surface area contributed by atoms with Crippen molar-refractivity contribution in [2.45, 2.75) is 38.6 Å². The van der Waals surface area contributed by atoms with Crippen LogP contribution in [0.5, 0.6) is 0 Å². The second kappa shape index (κ2) is 9.90. The van der Waals surface area contributed by atoms with E-state index in [9.17, 15) is 9.59 Å². The van der Waals surface area contributed by atoms with E-state index < -0.39 is 0 Å². The zero-order valence-electron chi connectivity index (χ0n) is 16.3. The maximum absolute atomic E-state index is 12.7. The highest BCUT2D eigenvalue weighted by atomic mass is 16.2. The number of likely N-dealkylation sites (tertiary alicyclic amines) is 1. The predicted molar refractivity (Wildman–Crippen MR) is 114 cm³/mol. The van der Waals surface area contributed by atoms with Crippen LogP contribution < -0.4 is 16.0 Å². The molecule has 3 amide bonds. The lowest BCUT2D eigenvalue weighted by molar-refractivity contribution is -0.122. The van der Waals surface area contributed by atoms with E-state index in [4.69, 9.17) is 0 Å². The first-order valence-electron chi connectivity index (χ1n) is 9.93. The first-order valence-corrected chi connectivity index (χ1v) is 9.93. The number of piperidine rings is 1. The van der Waals surface area contributed by atoms with Crippen LogP contribution in [0.15, 0.2) is 54.6 Å². The van der Waals surface area contributed by atoms with Gasteiger partial charge in [-0.05, 0) is 68.8 Å². The molecule has 1 atom stereocenters. The van der Waals surface area contributed by atoms with Crippen LogP contribution in [0.25, 0.3) is 0 Å². The Kier molecular flexibility index (Phi) is 7.03. The molecule has 0 aliphatic carbocycles. The van der Waals surface area contributed by atoms with Crippen molar-refractivity contribution in [3.63, 3.8) is 0 Å². The molecule has 3 rings (SSSR count). The molecule has 0 spiro atoms. The third kappa shape index (κ3) is 5.57. The number of amides is 3. The van der Waals surface area contributed by atoms with Gasteiger partial charge in [0.1, 0.15) is 0 Å².